The van der Waals surface area contributed by atoms with Crippen molar-refractivity contribution in [2.45, 2.75) is 19.3 Å². The van der Waals surface area contributed by atoms with E-state index < -0.39 is 0 Å². The number of pyridine rings is 1. The maximum absolute atomic E-state index is 5.17. The summed E-state index contributed by atoms with van der Waals surface area (Å²) in [4.78, 5) is 4.44. The van der Waals surface area contributed by atoms with E-state index >= 15 is 0 Å². The van der Waals surface area contributed by atoms with Gasteiger partial charge in [0.25, 0.3) is 0 Å². The number of aromatic nitrogens is 1. The normalized spacial score (nSPS) is 11.2. The zero-order valence-electron chi connectivity index (χ0n) is 10.5. The summed E-state index contributed by atoms with van der Waals surface area (Å²) in [6, 6.07) is 14.2. The molecule has 0 radical (unpaired) electrons. The Morgan fingerprint density at radius 3 is 2.24 bits per heavy atom. The second-order valence-electron chi connectivity index (χ2n) is 4.57. The zero-order valence-corrected chi connectivity index (χ0v) is 10.5. The quantitative estimate of drug-likeness (QED) is 0.801. The summed E-state index contributed by atoms with van der Waals surface area (Å²) in [5, 5.41) is 0. The van der Waals surface area contributed by atoms with Gasteiger partial charge in [-0.05, 0) is 29.8 Å². The van der Waals surface area contributed by atoms with Crippen LogP contribution < -0.4 is 4.74 Å². The number of methoxy groups -OCH3 is 1. The number of ether oxygens (including phenoxy) is 1. The van der Waals surface area contributed by atoms with Crippen LogP contribution in [-0.4, -0.2) is 12.1 Å². The fraction of sp³-hybridized carbons (Fsp3) is 0.267. The lowest BCUT2D eigenvalue weighted by Gasteiger charge is -2.24. The summed E-state index contributed by atoms with van der Waals surface area (Å²) in [6.45, 7) is 4.36. The molecule has 0 atom stereocenters. The average molecular weight is 227 g/mol. The lowest BCUT2D eigenvalue weighted by molar-refractivity contribution is 0.414. The Balaban J connectivity index is 2.37. The lowest BCUT2D eigenvalue weighted by Crippen LogP contribution is -2.20. The summed E-state index contributed by atoms with van der Waals surface area (Å²) < 4.78 is 5.17. The van der Waals surface area contributed by atoms with Gasteiger partial charge < -0.3 is 4.74 Å². The van der Waals surface area contributed by atoms with E-state index in [1.807, 2.05) is 30.5 Å². The number of hydrogen-bond donors (Lipinski definition) is 0. The SMILES string of the molecule is COc1ccc(C(C)(C)c2ccccn2)cc1. The van der Waals surface area contributed by atoms with Crippen LogP contribution in [0.15, 0.2) is 48.7 Å². The number of benzene rings is 1. The Labute approximate surface area is 102 Å². The van der Waals surface area contributed by atoms with Crippen molar-refractivity contribution in [1.29, 1.82) is 0 Å². The summed E-state index contributed by atoms with van der Waals surface area (Å²) in [5.74, 6) is 0.880. The molecule has 0 aliphatic heterocycles. The first-order valence-corrected chi connectivity index (χ1v) is 5.70. The highest BCUT2D eigenvalue weighted by Gasteiger charge is 2.24. The van der Waals surface area contributed by atoms with Gasteiger partial charge in [0.1, 0.15) is 5.75 Å². The van der Waals surface area contributed by atoms with Gasteiger partial charge in [-0.2, -0.15) is 0 Å². The first-order chi connectivity index (χ1) is 8.14. The molecule has 1 heterocycles. The summed E-state index contributed by atoms with van der Waals surface area (Å²) >= 11 is 0. The van der Waals surface area contributed by atoms with Gasteiger partial charge in [-0.3, -0.25) is 4.98 Å². The van der Waals surface area contributed by atoms with Gasteiger partial charge in [-0.1, -0.05) is 32.0 Å². The molecule has 0 N–H and O–H groups in total. The molecule has 0 fully saturated rings. The summed E-state index contributed by atoms with van der Waals surface area (Å²) in [6.07, 6.45) is 1.83. The molecule has 1 aromatic carbocycles. The molecule has 0 saturated carbocycles. The molecule has 0 amide bonds. The monoisotopic (exact) mass is 227 g/mol. The minimum absolute atomic E-state index is 0.0898. The largest absolute Gasteiger partial charge is 0.497 e. The van der Waals surface area contributed by atoms with Crippen molar-refractivity contribution in [2.75, 3.05) is 7.11 Å². The number of nitrogens with zero attached hydrogens (tertiary/aromatic N) is 1. The van der Waals surface area contributed by atoms with Crippen LogP contribution in [0, 0.1) is 0 Å². The van der Waals surface area contributed by atoms with Crippen molar-refractivity contribution in [1.82, 2.24) is 4.98 Å². The van der Waals surface area contributed by atoms with Crippen LogP contribution in [-0.2, 0) is 5.41 Å². The predicted octanol–water partition coefficient (Wildman–Crippen LogP) is 3.42. The third-order valence-electron chi connectivity index (χ3n) is 3.12. The van der Waals surface area contributed by atoms with Crippen LogP contribution in [0.25, 0.3) is 0 Å². The topological polar surface area (TPSA) is 22.1 Å². The van der Waals surface area contributed by atoms with E-state index in [1.54, 1.807) is 7.11 Å². The molecule has 2 nitrogen and oxygen atoms in total. The second kappa shape index (κ2) is 4.58. The molecule has 0 aliphatic carbocycles. The van der Waals surface area contributed by atoms with Gasteiger partial charge in [-0.15, -0.1) is 0 Å². The van der Waals surface area contributed by atoms with Gasteiger partial charge in [-0.25, -0.2) is 0 Å². The molecule has 2 aromatic rings. The van der Waals surface area contributed by atoms with Gasteiger partial charge in [0.2, 0.25) is 0 Å². The van der Waals surface area contributed by atoms with Crippen molar-refractivity contribution in [3.8, 4) is 5.75 Å². The Hall–Kier alpha value is -1.83. The minimum Gasteiger partial charge on any atom is -0.497 e. The first-order valence-electron chi connectivity index (χ1n) is 5.70. The van der Waals surface area contributed by atoms with Crippen molar-refractivity contribution in [2.24, 2.45) is 0 Å². The van der Waals surface area contributed by atoms with Crippen LogP contribution in [0.2, 0.25) is 0 Å². The van der Waals surface area contributed by atoms with Crippen LogP contribution in [0.5, 0.6) is 5.75 Å². The van der Waals surface area contributed by atoms with Gasteiger partial charge in [0, 0.05) is 11.6 Å². The number of hydrogen-bond acceptors (Lipinski definition) is 2. The Morgan fingerprint density at radius 2 is 1.71 bits per heavy atom. The molecule has 0 unspecified atom stereocenters. The highest BCUT2D eigenvalue weighted by molar-refractivity contribution is 5.37. The molecule has 2 rings (SSSR count). The maximum atomic E-state index is 5.17. The van der Waals surface area contributed by atoms with Crippen LogP contribution in [0.4, 0.5) is 0 Å². The van der Waals surface area contributed by atoms with Crippen molar-refractivity contribution >= 4 is 0 Å². The predicted molar refractivity (Wildman–Crippen MR) is 69.4 cm³/mol. The highest BCUT2D eigenvalue weighted by Crippen LogP contribution is 2.30. The van der Waals surface area contributed by atoms with Crippen molar-refractivity contribution in [3.05, 3.63) is 59.9 Å². The van der Waals surface area contributed by atoms with E-state index in [1.165, 1.54) is 5.56 Å². The molecule has 0 bridgehead atoms. The highest BCUT2D eigenvalue weighted by atomic mass is 16.5. The van der Waals surface area contributed by atoms with Crippen LogP contribution >= 0.6 is 0 Å². The Morgan fingerprint density at radius 1 is 1.00 bits per heavy atom. The molecule has 0 aliphatic rings. The van der Waals surface area contributed by atoms with E-state index in [9.17, 15) is 0 Å². The minimum atomic E-state index is -0.0898. The van der Waals surface area contributed by atoms with Gasteiger partial charge in [0.05, 0.1) is 12.8 Å². The van der Waals surface area contributed by atoms with Crippen LogP contribution in [0.3, 0.4) is 0 Å². The fourth-order valence-corrected chi connectivity index (χ4v) is 1.89. The third kappa shape index (κ3) is 2.31. The zero-order chi connectivity index (χ0) is 12.3. The second-order valence-corrected chi connectivity index (χ2v) is 4.57. The molecule has 0 spiro atoms. The van der Waals surface area contributed by atoms with E-state index in [4.69, 9.17) is 4.74 Å². The molecular formula is C15H17NO. The van der Waals surface area contributed by atoms with E-state index in [0.717, 1.165) is 11.4 Å². The summed E-state index contributed by atoms with van der Waals surface area (Å²) in [5.41, 5.74) is 2.22. The lowest BCUT2D eigenvalue weighted by atomic mass is 9.81. The fourth-order valence-electron chi connectivity index (χ4n) is 1.89. The van der Waals surface area contributed by atoms with Gasteiger partial charge >= 0.3 is 0 Å². The molecule has 2 heteroatoms. The first kappa shape index (κ1) is 11.6. The van der Waals surface area contributed by atoms with Crippen molar-refractivity contribution in [3.63, 3.8) is 0 Å². The Bertz CT molecular complexity index is 474. The van der Waals surface area contributed by atoms with Gasteiger partial charge in [0.15, 0.2) is 0 Å². The molecule has 17 heavy (non-hydrogen) atoms. The Kier molecular flexibility index (Phi) is 3.14. The van der Waals surface area contributed by atoms with Crippen molar-refractivity contribution < 1.29 is 4.74 Å². The standard InChI is InChI=1S/C15H17NO/c1-15(2,14-6-4-5-11-16-14)12-7-9-13(17-3)10-8-12/h4-11H,1-3H3. The van der Waals surface area contributed by atoms with E-state index in [0.29, 0.717) is 0 Å². The molecule has 0 saturated heterocycles. The smallest absolute Gasteiger partial charge is 0.118 e. The molecule has 88 valence electrons. The summed E-state index contributed by atoms with van der Waals surface area (Å²) in [7, 11) is 1.68. The average Bonchev–Trinajstić information content (AvgIpc) is 2.40. The number of rotatable bonds is 3. The molecular weight excluding hydrogens is 210 g/mol. The van der Waals surface area contributed by atoms with E-state index in [-0.39, 0.29) is 5.41 Å². The van der Waals surface area contributed by atoms with Crippen LogP contribution in [0.1, 0.15) is 25.1 Å². The maximum Gasteiger partial charge on any atom is 0.118 e. The molecule has 1 aromatic heterocycles. The van der Waals surface area contributed by atoms with E-state index in [2.05, 4.69) is 37.0 Å². The third-order valence-corrected chi connectivity index (χ3v) is 3.12.